The van der Waals surface area contributed by atoms with Crippen molar-refractivity contribution >= 4 is 24.0 Å². The van der Waals surface area contributed by atoms with Crippen molar-refractivity contribution < 1.29 is 14.6 Å². The SMILES string of the molecule is Nc1cc(F)cc(C(O)C(O)CCS)c1N. The Kier molecular flexibility index (Phi) is 4.40. The van der Waals surface area contributed by atoms with Crippen LogP contribution < -0.4 is 11.5 Å². The molecule has 2 unspecified atom stereocenters. The topological polar surface area (TPSA) is 92.5 Å². The van der Waals surface area contributed by atoms with E-state index in [9.17, 15) is 14.6 Å². The lowest BCUT2D eigenvalue weighted by atomic mass is 10.00. The van der Waals surface area contributed by atoms with Crippen LogP contribution >= 0.6 is 12.6 Å². The molecule has 0 spiro atoms. The molecule has 4 nitrogen and oxygen atoms in total. The highest BCUT2D eigenvalue weighted by molar-refractivity contribution is 7.80. The van der Waals surface area contributed by atoms with Gasteiger partial charge in [-0.1, -0.05) is 0 Å². The zero-order valence-electron chi connectivity index (χ0n) is 8.60. The van der Waals surface area contributed by atoms with Crippen LogP contribution in [0.25, 0.3) is 0 Å². The van der Waals surface area contributed by atoms with Gasteiger partial charge in [0.25, 0.3) is 0 Å². The maximum atomic E-state index is 13.1. The minimum atomic E-state index is -1.26. The maximum Gasteiger partial charge on any atom is 0.125 e. The van der Waals surface area contributed by atoms with Gasteiger partial charge >= 0.3 is 0 Å². The predicted molar refractivity (Wildman–Crippen MR) is 64.7 cm³/mol. The molecule has 0 aliphatic heterocycles. The first-order chi connectivity index (χ1) is 7.47. The van der Waals surface area contributed by atoms with Crippen molar-refractivity contribution in [2.24, 2.45) is 0 Å². The molecule has 2 atom stereocenters. The van der Waals surface area contributed by atoms with E-state index in [4.69, 9.17) is 11.5 Å². The highest BCUT2D eigenvalue weighted by Crippen LogP contribution is 2.29. The van der Waals surface area contributed by atoms with Gasteiger partial charge < -0.3 is 21.7 Å². The van der Waals surface area contributed by atoms with Crippen molar-refractivity contribution in [2.45, 2.75) is 18.6 Å². The fraction of sp³-hybridized carbons (Fsp3) is 0.400. The van der Waals surface area contributed by atoms with Crippen LogP contribution in [-0.2, 0) is 0 Å². The molecule has 0 fully saturated rings. The molecule has 0 aliphatic carbocycles. The van der Waals surface area contributed by atoms with E-state index in [0.717, 1.165) is 12.1 Å². The van der Waals surface area contributed by atoms with Gasteiger partial charge in [0.05, 0.1) is 17.5 Å². The summed E-state index contributed by atoms with van der Waals surface area (Å²) < 4.78 is 13.1. The molecule has 0 heterocycles. The van der Waals surface area contributed by atoms with Crippen molar-refractivity contribution in [1.29, 1.82) is 0 Å². The van der Waals surface area contributed by atoms with Gasteiger partial charge in [-0.3, -0.25) is 0 Å². The Morgan fingerprint density at radius 1 is 1.31 bits per heavy atom. The van der Waals surface area contributed by atoms with E-state index < -0.39 is 18.0 Å². The first-order valence-corrected chi connectivity index (χ1v) is 5.42. The number of rotatable bonds is 4. The average Bonchev–Trinajstić information content (AvgIpc) is 2.22. The molecule has 0 radical (unpaired) electrons. The second-order valence-corrected chi connectivity index (χ2v) is 3.97. The molecule has 6 heteroatoms. The van der Waals surface area contributed by atoms with Crippen LogP contribution in [0.15, 0.2) is 12.1 Å². The number of anilines is 2. The van der Waals surface area contributed by atoms with Crippen LogP contribution in [0.2, 0.25) is 0 Å². The predicted octanol–water partition coefficient (Wildman–Crippen LogP) is 0.704. The summed E-state index contributed by atoms with van der Waals surface area (Å²) in [4.78, 5) is 0. The molecular formula is C10H15FN2O2S. The van der Waals surface area contributed by atoms with Crippen LogP contribution in [0.4, 0.5) is 15.8 Å². The largest absolute Gasteiger partial charge is 0.397 e. The number of thiol groups is 1. The fourth-order valence-electron chi connectivity index (χ4n) is 1.40. The molecule has 0 bridgehead atoms. The number of nitrogen functional groups attached to an aromatic ring is 2. The summed E-state index contributed by atoms with van der Waals surface area (Å²) in [5.41, 5.74) is 11.3. The van der Waals surface area contributed by atoms with E-state index in [1.165, 1.54) is 0 Å². The van der Waals surface area contributed by atoms with Crippen molar-refractivity contribution in [2.75, 3.05) is 17.2 Å². The second kappa shape index (κ2) is 5.38. The summed E-state index contributed by atoms with van der Waals surface area (Å²) in [5.74, 6) is -0.193. The van der Waals surface area contributed by atoms with Gasteiger partial charge in [0.1, 0.15) is 11.9 Å². The molecule has 16 heavy (non-hydrogen) atoms. The summed E-state index contributed by atoms with van der Waals surface area (Å²) in [6.07, 6.45) is -2.02. The number of benzene rings is 1. The second-order valence-electron chi connectivity index (χ2n) is 3.52. The average molecular weight is 246 g/mol. The summed E-state index contributed by atoms with van der Waals surface area (Å²) in [6.45, 7) is 0. The molecule has 1 aromatic rings. The minimum Gasteiger partial charge on any atom is -0.397 e. The number of hydrogen-bond donors (Lipinski definition) is 5. The number of aliphatic hydroxyl groups excluding tert-OH is 2. The molecule has 0 aromatic heterocycles. The molecule has 1 rings (SSSR count). The molecular weight excluding hydrogens is 231 g/mol. The monoisotopic (exact) mass is 246 g/mol. The number of hydrogen-bond acceptors (Lipinski definition) is 5. The number of nitrogens with two attached hydrogens (primary N) is 2. The summed E-state index contributed by atoms with van der Waals surface area (Å²) in [5, 5.41) is 19.3. The Hall–Kier alpha value is -0.980. The standard InChI is InChI=1S/C10H15FN2O2S/c11-5-3-6(9(13)7(12)4-5)10(15)8(14)1-2-16/h3-4,8,10,14-16H,1-2,12-13H2. The van der Waals surface area contributed by atoms with Crippen molar-refractivity contribution in [3.8, 4) is 0 Å². The van der Waals surface area contributed by atoms with Crippen LogP contribution in [-0.4, -0.2) is 22.1 Å². The number of aliphatic hydroxyl groups is 2. The Morgan fingerprint density at radius 2 is 1.94 bits per heavy atom. The minimum absolute atomic E-state index is 0.0483. The summed E-state index contributed by atoms with van der Waals surface area (Å²) in [6, 6.07) is 2.13. The quantitative estimate of drug-likeness (QED) is 0.399. The Labute approximate surface area is 98.5 Å². The van der Waals surface area contributed by atoms with E-state index in [0.29, 0.717) is 5.75 Å². The highest BCUT2D eigenvalue weighted by Gasteiger charge is 2.21. The third-order valence-electron chi connectivity index (χ3n) is 2.32. The van der Waals surface area contributed by atoms with Gasteiger partial charge in [0, 0.05) is 5.56 Å². The van der Waals surface area contributed by atoms with Gasteiger partial charge in [-0.15, -0.1) is 0 Å². The molecule has 0 aliphatic rings. The zero-order chi connectivity index (χ0) is 12.3. The lowest BCUT2D eigenvalue weighted by Gasteiger charge is -2.19. The van der Waals surface area contributed by atoms with Crippen LogP contribution in [0.1, 0.15) is 18.1 Å². The molecule has 90 valence electrons. The van der Waals surface area contributed by atoms with E-state index >= 15 is 0 Å². The zero-order valence-corrected chi connectivity index (χ0v) is 9.49. The smallest absolute Gasteiger partial charge is 0.125 e. The Balaban J connectivity index is 3.03. The van der Waals surface area contributed by atoms with Gasteiger partial charge in [-0.25, -0.2) is 4.39 Å². The lowest BCUT2D eigenvalue weighted by molar-refractivity contribution is 0.0175. The molecule has 0 saturated carbocycles. The third kappa shape index (κ3) is 2.78. The van der Waals surface area contributed by atoms with Gasteiger partial charge in [-0.2, -0.15) is 12.6 Å². The van der Waals surface area contributed by atoms with Crippen LogP contribution in [0, 0.1) is 5.82 Å². The third-order valence-corrected chi connectivity index (χ3v) is 2.57. The number of halogens is 1. The summed E-state index contributed by atoms with van der Waals surface area (Å²) in [7, 11) is 0. The van der Waals surface area contributed by atoms with Gasteiger partial charge in [0.2, 0.25) is 0 Å². The van der Waals surface area contributed by atoms with Crippen molar-refractivity contribution in [1.82, 2.24) is 0 Å². The van der Waals surface area contributed by atoms with Crippen molar-refractivity contribution in [3.05, 3.63) is 23.5 Å². The Bertz CT molecular complexity index is 376. The van der Waals surface area contributed by atoms with Crippen LogP contribution in [0.3, 0.4) is 0 Å². The van der Waals surface area contributed by atoms with E-state index in [-0.39, 0.29) is 23.4 Å². The normalized spacial score (nSPS) is 14.8. The van der Waals surface area contributed by atoms with E-state index in [1.807, 2.05) is 0 Å². The molecule has 6 N–H and O–H groups in total. The highest BCUT2D eigenvalue weighted by atomic mass is 32.1. The Morgan fingerprint density at radius 3 is 2.50 bits per heavy atom. The molecule has 0 saturated heterocycles. The van der Waals surface area contributed by atoms with E-state index in [2.05, 4.69) is 12.6 Å². The van der Waals surface area contributed by atoms with Crippen LogP contribution in [0.5, 0.6) is 0 Å². The van der Waals surface area contributed by atoms with Crippen molar-refractivity contribution in [3.63, 3.8) is 0 Å². The fourth-order valence-corrected chi connectivity index (χ4v) is 1.67. The molecule has 1 aromatic carbocycles. The summed E-state index contributed by atoms with van der Waals surface area (Å²) >= 11 is 3.93. The first-order valence-electron chi connectivity index (χ1n) is 4.78. The molecule has 0 amide bonds. The maximum absolute atomic E-state index is 13.1. The van der Waals surface area contributed by atoms with Gasteiger partial charge in [0.15, 0.2) is 0 Å². The van der Waals surface area contributed by atoms with E-state index in [1.54, 1.807) is 0 Å². The lowest BCUT2D eigenvalue weighted by Crippen LogP contribution is -2.20. The first kappa shape index (κ1) is 13.1. The van der Waals surface area contributed by atoms with Gasteiger partial charge in [-0.05, 0) is 24.3 Å².